The van der Waals surface area contributed by atoms with Crippen LogP contribution in [0.1, 0.15) is 101 Å². The van der Waals surface area contributed by atoms with Gasteiger partial charge in [0.25, 0.3) is 5.87 Å². The van der Waals surface area contributed by atoms with Crippen LogP contribution < -0.4 is 0 Å². The molecule has 2 aromatic carbocycles. The average molecular weight is 517 g/mol. The van der Waals surface area contributed by atoms with Gasteiger partial charge in [-0.1, -0.05) is 101 Å². The topological polar surface area (TPSA) is 36.4 Å². The summed E-state index contributed by atoms with van der Waals surface area (Å²) in [6.07, 6.45) is 14.8. The Morgan fingerprint density at radius 1 is 0.800 bits per heavy atom. The van der Waals surface area contributed by atoms with E-state index in [-0.39, 0.29) is 0 Å². The van der Waals surface area contributed by atoms with Crippen molar-refractivity contribution in [2.45, 2.75) is 103 Å². The molecule has 0 atom stereocenters. The molecule has 0 aromatic heterocycles. The Bertz CT molecular complexity index is 946. The van der Waals surface area contributed by atoms with Crippen LogP contribution in [0.4, 0.5) is 0 Å². The van der Waals surface area contributed by atoms with Gasteiger partial charge in [0.2, 0.25) is 0 Å². The minimum absolute atomic E-state index is 0.937. The zero-order chi connectivity index (χ0) is 25.7. The van der Waals surface area contributed by atoms with Crippen molar-refractivity contribution in [1.82, 2.24) is 0 Å². The number of hydrogen-bond donors (Lipinski definition) is 0. The third kappa shape index (κ3) is 12.4. The van der Waals surface area contributed by atoms with Crippen LogP contribution in [-0.2, 0) is 27.3 Å². The van der Waals surface area contributed by atoms with Crippen molar-refractivity contribution in [2.75, 3.05) is 0 Å². The van der Waals surface area contributed by atoms with Crippen LogP contribution in [0.3, 0.4) is 0 Å². The van der Waals surface area contributed by atoms with E-state index in [1.807, 2.05) is 6.08 Å². The van der Waals surface area contributed by atoms with E-state index < -0.39 is 0 Å². The van der Waals surface area contributed by atoms with Gasteiger partial charge in [-0.3, -0.25) is 0 Å². The summed E-state index contributed by atoms with van der Waals surface area (Å²) >= 11 is 1.62. The fourth-order valence-electron chi connectivity index (χ4n) is 4.14. The number of rotatable bonds is 14. The van der Waals surface area contributed by atoms with Crippen molar-refractivity contribution in [3.8, 4) is 0 Å². The maximum atomic E-state index is 9.03. The molecule has 0 radical (unpaired) electrons. The second-order valence-corrected chi connectivity index (χ2v) is 9.99. The molecule has 0 N–H and O–H groups in total. The van der Waals surface area contributed by atoms with Crippen LogP contribution in [0.15, 0.2) is 60.2 Å². The summed E-state index contributed by atoms with van der Waals surface area (Å²) < 4.78 is 0. The van der Waals surface area contributed by atoms with Gasteiger partial charge in [-0.25, -0.2) is 0 Å². The SMILES string of the molecule is CCCCCCc1cccc(C(=C(C=C=[N+]=[N-])CCCC)c2ccc(CCCC)cc2)c1.[CH3][Ni][CH3]. The molecule has 2 rings (SSSR count). The number of benzene rings is 2. The van der Waals surface area contributed by atoms with Gasteiger partial charge in [0.1, 0.15) is 0 Å². The van der Waals surface area contributed by atoms with Gasteiger partial charge in [-0.2, -0.15) is 0 Å². The third-order valence-corrected chi connectivity index (χ3v) is 6.01. The number of allylic oxidation sites excluding steroid dienone is 2. The van der Waals surface area contributed by atoms with E-state index in [0.29, 0.717) is 0 Å². The molecular weight excluding hydrogens is 471 g/mol. The molecule has 0 aliphatic carbocycles. The zero-order valence-corrected chi connectivity index (χ0v) is 23.7. The van der Waals surface area contributed by atoms with E-state index in [4.69, 9.17) is 5.53 Å². The van der Waals surface area contributed by atoms with E-state index in [9.17, 15) is 0 Å². The minimum atomic E-state index is 0.937. The van der Waals surface area contributed by atoms with Gasteiger partial charge in [-0.05, 0) is 71.9 Å². The van der Waals surface area contributed by atoms with E-state index in [1.54, 1.807) is 14.4 Å². The Balaban J connectivity index is 0.00000194. The van der Waals surface area contributed by atoms with Crippen LogP contribution >= 0.6 is 0 Å². The summed E-state index contributed by atoms with van der Waals surface area (Å²) in [7, 11) is 0. The van der Waals surface area contributed by atoms with E-state index in [2.05, 4.69) is 91.7 Å². The van der Waals surface area contributed by atoms with Crippen LogP contribution in [0.25, 0.3) is 11.1 Å². The molecule has 0 aliphatic rings. The van der Waals surface area contributed by atoms with Gasteiger partial charge in [0.15, 0.2) is 0 Å². The molecule has 0 bridgehead atoms. The van der Waals surface area contributed by atoms with Crippen molar-refractivity contribution in [1.29, 1.82) is 0 Å². The quantitative estimate of drug-likeness (QED) is 0.0597. The van der Waals surface area contributed by atoms with Crippen molar-refractivity contribution < 1.29 is 19.2 Å². The van der Waals surface area contributed by atoms with Gasteiger partial charge in [0.05, 0.1) is 6.08 Å². The van der Waals surface area contributed by atoms with Gasteiger partial charge < -0.3 is 5.53 Å². The standard InChI is InChI=1S/C30H40N2.2CH3.Ni/c1-4-7-10-11-14-26-15-12-17-29(24-26)30(27(16-9-6-3)22-23-32-31)28-20-18-25(19-21-28)13-8-5-2;;;/h12,15,17-22,24H,4-11,13-14,16H2,1-3H3;2*1H3;. The molecule has 2 nitrogen and oxygen atoms in total. The predicted molar refractivity (Wildman–Crippen MR) is 150 cm³/mol. The maximum absolute atomic E-state index is 9.03. The molecule has 0 saturated heterocycles. The molecular formula is C32H46N2Ni. The fourth-order valence-corrected chi connectivity index (χ4v) is 4.14. The second-order valence-electron chi connectivity index (χ2n) is 9.00. The molecule has 0 fully saturated rings. The fraction of sp³-hybridized carbons (Fsp3) is 0.500. The third-order valence-electron chi connectivity index (χ3n) is 6.01. The Morgan fingerprint density at radius 2 is 1.46 bits per heavy atom. The summed E-state index contributed by atoms with van der Waals surface area (Å²) in [5.74, 6) is 6.80. The molecule has 0 amide bonds. The van der Waals surface area contributed by atoms with Crippen LogP contribution in [0.2, 0.25) is 11.8 Å². The van der Waals surface area contributed by atoms with E-state index in [0.717, 1.165) is 32.1 Å². The second kappa shape index (κ2) is 20.1. The summed E-state index contributed by atoms with van der Waals surface area (Å²) in [5, 5.41) is 0. The Hall–Kier alpha value is -2.17. The molecule has 0 saturated carbocycles. The molecule has 194 valence electrons. The Morgan fingerprint density at radius 3 is 2.09 bits per heavy atom. The first kappa shape index (κ1) is 30.9. The first-order valence-corrected chi connectivity index (χ1v) is 15.2. The summed E-state index contributed by atoms with van der Waals surface area (Å²) in [5.41, 5.74) is 16.7. The van der Waals surface area contributed by atoms with Gasteiger partial charge >= 0.3 is 26.2 Å². The number of aryl methyl sites for hydroxylation is 2. The number of nitrogens with zero attached hydrogens (tertiary/aromatic N) is 2. The molecule has 35 heavy (non-hydrogen) atoms. The molecule has 0 aliphatic heterocycles. The normalized spacial score (nSPS) is 11.1. The first-order valence-electron chi connectivity index (χ1n) is 13.2. The number of unbranched alkanes of at least 4 members (excludes halogenated alkanes) is 5. The van der Waals surface area contributed by atoms with Crippen LogP contribution in [-0.4, -0.2) is 10.7 Å². The average Bonchev–Trinajstić information content (AvgIpc) is 2.88. The van der Waals surface area contributed by atoms with E-state index in [1.165, 1.54) is 71.9 Å². The predicted octanol–water partition coefficient (Wildman–Crippen LogP) is 9.76. The molecule has 0 unspecified atom stereocenters. The monoisotopic (exact) mass is 516 g/mol. The zero-order valence-electron chi connectivity index (χ0n) is 22.7. The molecule has 0 spiro atoms. The van der Waals surface area contributed by atoms with Crippen molar-refractivity contribution >= 4 is 11.4 Å². The molecule has 2 aromatic rings. The van der Waals surface area contributed by atoms with E-state index >= 15 is 0 Å². The molecule has 3 heteroatoms. The first-order chi connectivity index (χ1) is 17.1. The van der Waals surface area contributed by atoms with Crippen molar-refractivity contribution in [3.63, 3.8) is 0 Å². The summed E-state index contributed by atoms with van der Waals surface area (Å²) in [6.45, 7) is 6.70. The summed E-state index contributed by atoms with van der Waals surface area (Å²) in [6, 6.07) is 18.0. The van der Waals surface area contributed by atoms with Gasteiger partial charge in [0, 0.05) is 0 Å². The Kier molecular flexibility index (Phi) is 17.7. The number of hydrogen-bond acceptors (Lipinski definition) is 0. The molecule has 0 heterocycles. The van der Waals surface area contributed by atoms with Crippen LogP contribution in [0.5, 0.6) is 0 Å². The summed E-state index contributed by atoms with van der Waals surface area (Å²) in [4.78, 5) is 3.14. The van der Waals surface area contributed by atoms with Crippen molar-refractivity contribution in [3.05, 3.63) is 88.0 Å². The van der Waals surface area contributed by atoms with Crippen molar-refractivity contribution in [2.24, 2.45) is 0 Å². The van der Waals surface area contributed by atoms with Crippen LogP contribution in [0, 0.1) is 0 Å². The van der Waals surface area contributed by atoms with Gasteiger partial charge in [-0.15, -0.1) is 4.79 Å². The Labute approximate surface area is 221 Å².